The molecule has 0 aromatic heterocycles. The minimum absolute atomic E-state index is 0.0000605. The van der Waals surface area contributed by atoms with Crippen LogP contribution in [0.4, 0.5) is 5.69 Å². The molecule has 0 bridgehead atoms. The monoisotopic (exact) mass is 589 g/mol. The molecule has 2 amide bonds. The zero-order valence-electron chi connectivity index (χ0n) is 22.2. The summed E-state index contributed by atoms with van der Waals surface area (Å²) in [4.78, 5) is 28.6. The Morgan fingerprint density at radius 1 is 0.897 bits per heavy atom. The van der Waals surface area contributed by atoms with Crippen LogP contribution >= 0.6 is 23.2 Å². The van der Waals surface area contributed by atoms with Gasteiger partial charge >= 0.3 is 0 Å². The Morgan fingerprint density at radius 3 is 2.05 bits per heavy atom. The number of hydrogen-bond acceptors (Lipinski definition) is 4. The van der Waals surface area contributed by atoms with Gasteiger partial charge in [0.1, 0.15) is 12.6 Å². The van der Waals surface area contributed by atoms with Crippen molar-refractivity contribution in [2.75, 3.05) is 17.4 Å². The highest BCUT2D eigenvalue weighted by molar-refractivity contribution is 7.92. The summed E-state index contributed by atoms with van der Waals surface area (Å²) in [6, 6.07) is 18.9. The first-order valence-electron chi connectivity index (χ1n) is 12.7. The number of sulfonamides is 1. The molecule has 0 unspecified atom stereocenters. The topological polar surface area (TPSA) is 86.8 Å². The SMILES string of the molecule is CCCNC(=O)[C@H](CC)N(Cc1ccc(Cl)cc1)C(=O)CN(c1ccccc1C)S(=O)(=O)c1ccc(Cl)cc1. The fourth-order valence-electron chi connectivity index (χ4n) is 4.16. The van der Waals surface area contributed by atoms with E-state index in [0.29, 0.717) is 34.3 Å². The second-order valence-electron chi connectivity index (χ2n) is 9.12. The summed E-state index contributed by atoms with van der Waals surface area (Å²) in [7, 11) is -4.16. The maximum absolute atomic E-state index is 14.0. The molecule has 0 fully saturated rings. The fourth-order valence-corrected chi connectivity index (χ4v) is 5.89. The van der Waals surface area contributed by atoms with E-state index in [1.54, 1.807) is 55.5 Å². The molecule has 10 heteroatoms. The summed E-state index contributed by atoms with van der Waals surface area (Å²) in [6.45, 7) is 5.63. The van der Waals surface area contributed by atoms with Crippen molar-refractivity contribution < 1.29 is 18.0 Å². The number of nitrogens with zero attached hydrogens (tertiary/aromatic N) is 2. The standard InChI is InChI=1S/C29H33Cl2N3O4S/c1-4-18-32-29(36)26(5-2)33(19-22-10-12-23(30)13-11-22)28(35)20-34(27-9-7-6-8-21(27)3)39(37,38)25-16-14-24(31)15-17-25/h6-17,26H,4-5,18-20H2,1-3H3,(H,32,36)/t26-/m0/s1. The Hall–Kier alpha value is -3.07. The van der Waals surface area contributed by atoms with Gasteiger partial charge in [0, 0.05) is 23.1 Å². The molecule has 0 saturated heterocycles. The molecule has 208 valence electrons. The van der Waals surface area contributed by atoms with Gasteiger partial charge in [0.05, 0.1) is 10.6 Å². The maximum Gasteiger partial charge on any atom is 0.264 e. The van der Waals surface area contributed by atoms with E-state index in [-0.39, 0.29) is 17.3 Å². The van der Waals surface area contributed by atoms with Crippen molar-refractivity contribution in [2.24, 2.45) is 0 Å². The first-order chi connectivity index (χ1) is 18.6. The molecule has 0 spiro atoms. The number of aryl methyl sites for hydroxylation is 1. The van der Waals surface area contributed by atoms with Crippen LogP contribution in [0, 0.1) is 6.92 Å². The highest BCUT2D eigenvalue weighted by atomic mass is 35.5. The van der Waals surface area contributed by atoms with Gasteiger partial charge < -0.3 is 10.2 Å². The van der Waals surface area contributed by atoms with Gasteiger partial charge in [-0.05, 0) is 73.4 Å². The van der Waals surface area contributed by atoms with Crippen molar-refractivity contribution >= 4 is 50.7 Å². The van der Waals surface area contributed by atoms with Gasteiger partial charge in [-0.1, -0.05) is 67.4 Å². The Morgan fingerprint density at radius 2 is 1.49 bits per heavy atom. The average molecular weight is 591 g/mol. The molecular weight excluding hydrogens is 557 g/mol. The van der Waals surface area contributed by atoms with Gasteiger partial charge in [0.2, 0.25) is 11.8 Å². The smallest absolute Gasteiger partial charge is 0.264 e. The molecular formula is C29H33Cl2N3O4S. The van der Waals surface area contributed by atoms with Crippen LogP contribution in [0.1, 0.15) is 37.8 Å². The second kappa shape index (κ2) is 13.8. The molecule has 0 aliphatic rings. The van der Waals surface area contributed by atoms with E-state index in [0.717, 1.165) is 16.3 Å². The van der Waals surface area contributed by atoms with Crippen molar-refractivity contribution in [1.29, 1.82) is 0 Å². The van der Waals surface area contributed by atoms with E-state index in [2.05, 4.69) is 5.32 Å². The van der Waals surface area contributed by atoms with Crippen LogP contribution < -0.4 is 9.62 Å². The van der Waals surface area contributed by atoms with Crippen LogP contribution in [0.15, 0.2) is 77.7 Å². The predicted molar refractivity (Wildman–Crippen MR) is 157 cm³/mol. The number of para-hydroxylation sites is 1. The van der Waals surface area contributed by atoms with Crippen molar-refractivity contribution in [2.45, 2.75) is 51.1 Å². The number of carbonyl (C=O) groups excluding carboxylic acids is 2. The van der Waals surface area contributed by atoms with Crippen molar-refractivity contribution in [3.8, 4) is 0 Å². The molecule has 0 saturated carbocycles. The highest BCUT2D eigenvalue weighted by Crippen LogP contribution is 2.28. The van der Waals surface area contributed by atoms with Crippen LogP contribution in [0.25, 0.3) is 0 Å². The van der Waals surface area contributed by atoms with Gasteiger partial charge in [-0.15, -0.1) is 0 Å². The van der Waals surface area contributed by atoms with Crippen molar-refractivity contribution in [3.63, 3.8) is 0 Å². The van der Waals surface area contributed by atoms with E-state index < -0.39 is 28.5 Å². The molecule has 0 aliphatic heterocycles. The van der Waals surface area contributed by atoms with E-state index in [1.807, 2.05) is 13.8 Å². The lowest BCUT2D eigenvalue weighted by Crippen LogP contribution is -2.52. The zero-order chi connectivity index (χ0) is 28.6. The lowest BCUT2D eigenvalue weighted by Gasteiger charge is -2.33. The number of rotatable bonds is 12. The Labute approximate surface area is 240 Å². The third-order valence-corrected chi connectivity index (χ3v) is 8.54. The van der Waals surface area contributed by atoms with Crippen LogP contribution in [-0.2, 0) is 26.2 Å². The molecule has 39 heavy (non-hydrogen) atoms. The maximum atomic E-state index is 14.0. The first-order valence-corrected chi connectivity index (χ1v) is 14.9. The van der Waals surface area contributed by atoms with Crippen LogP contribution in [-0.4, -0.2) is 44.3 Å². The summed E-state index contributed by atoms with van der Waals surface area (Å²) in [5, 5.41) is 3.81. The summed E-state index contributed by atoms with van der Waals surface area (Å²) in [6.07, 6.45) is 1.09. The van der Waals surface area contributed by atoms with E-state index in [4.69, 9.17) is 23.2 Å². The molecule has 7 nitrogen and oxygen atoms in total. The number of halogens is 2. The highest BCUT2D eigenvalue weighted by Gasteiger charge is 2.34. The van der Waals surface area contributed by atoms with Gasteiger partial charge in [0.25, 0.3) is 10.0 Å². The second-order valence-corrected chi connectivity index (χ2v) is 11.9. The number of carbonyl (C=O) groups is 2. The van der Waals surface area contributed by atoms with Gasteiger partial charge in [-0.2, -0.15) is 0 Å². The Bertz CT molecular complexity index is 1380. The van der Waals surface area contributed by atoms with Crippen LogP contribution in [0.3, 0.4) is 0 Å². The number of nitrogens with one attached hydrogen (secondary N) is 1. The number of benzene rings is 3. The number of anilines is 1. The third-order valence-electron chi connectivity index (χ3n) is 6.27. The molecule has 0 radical (unpaired) electrons. The average Bonchev–Trinajstić information content (AvgIpc) is 2.92. The third kappa shape index (κ3) is 7.75. The summed E-state index contributed by atoms with van der Waals surface area (Å²) in [5.41, 5.74) is 1.81. The molecule has 3 aromatic rings. The van der Waals surface area contributed by atoms with Crippen molar-refractivity contribution in [3.05, 3.63) is 94.0 Å². The predicted octanol–water partition coefficient (Wildman–Crippen LogP) is 5.83. The number of hydrogen-bond donors (Lipinski definition) is 1. The van der Waals surface area contributed by atoms with Crippen molar-refractivity contribution in [1.82, 2.24) is 10.2 Å². The molecule has 1 atom stereocenters. The minimum Gasteiger partial charge on any atom is -0.354 e. The van der Waals surface area contributed by atoms with E-state index in [9.17, 15) is 18.0 Å². The number of amides is 2. The largest absolute Gasteiger partial charge is 0.354 e. The first kappa shape index (κ1) is 30.5. The quantitative estimate of drug-likeness (QED) is 0.288. The Kier molecular flexibility index (Phi) is 10.8. The summed E-state index contributed by atoms with van der Waals surface area (Å²) in [5.74, 6) is -0.797. The zero-order valence-corrected chi connectivity index (χ0v) is 24.6. The van der Waals surface area contributed by atoms with Crippen LogP contribution in [0.2, 0.25) is 10.0 Å². The molecule has 3 aromatic carbocycles. The lowest BCUT2D eigenvalue weighted by atomic mass is 10.1. The van der Waals surface area contributed by atoms with Gasteiger partial charge in [-0.25, -0.2) is 8.42 Å². The van der Waals surface area contributed by atoms with Crippen LogP contribution in [0.5, 0.6) is 0 Å². The van der Waals surface area contributed by atoms with Gasteiger partial charge in [0.15, 0.2) is 0 Å². The fraction of sp³-hybridized carbons (Fsp3) is 0.310. The lowest BCUT2D eigenvalue weighted by molar-refractivity contribution is -0.140. The normalized spacial score (nSPS) is 12.0. The molecule has 0 heterocycles. The van der Waals surface area contributed by atoms with Gasteiger partial charge in [-0.3, -0.25) is 13.9 Å². The van der Waals surface area contributed by atoms with E-state index in [1.165, 1.54) is 29.2 Å². The summed E-state index contributed by atoms with van der Waals surface area (Å²) >= 11 is 12.0. The van der Waals surface area contributed by atoms with E-state index >= 15 is 0 Å². The minimum atomic E-state index is -4.16. The molecule has 0 aliphatic carbocycles. The Balaban J connectivity index is 2.05. The summed E-state index contributed by atoms with van der Waals surface area (Å²) < 4.78 is 28.9. The molecule has 3 rings (SSSR count). The molecule has 1 N–H and O–H groups in total.